The summed E-state index contributed by atoms with van der Waals surface area (Å²) >= 11 is 0. The number of carbonyl (C=O) groups is 16. The lowest BCUT2D eigenvalue weighted by Gasteiger charge is -2.30. The van der Waals surface area contributed by atoms with E-state index in [4.69, 9.17) is 17.2 Å². The van der Waals surface area contributed by atoms with Gasteiger partial charge in [0.1, 0.15) is 90.0 Å². The molecule has 25 N–H and O–H groups in total. The fourth-order valence-corrected chi connectivity index (χ4v) is 13.0. The van der Waals surface area contributed by atoms with Crippen molar-refractivity contribution in [3.63, 3.8) is 0 Å². The summed E-state index contributed by atoms with van der Waals surface area (Å²) in [6, 6.07) is -2.45. The van der Waals surface area contributed by atoms with Crippen molar-refractivity contribution >= 4 is 94.7 Å². The van der Waals surface area contributed by atoms with Crippen LogP contribution in [0.5, 0.6) is 11.5 Å². The molecule has 123 heavy (non-hydrogen) atoms. The summed E-state index contributed by atoms with van der Waals surface area (Å²) in [6.45, 7) is 22.0. The molecule has 3 aromatic carbocycles. The summed E-state index contributed by atoms with van der Waals surface area (Å²) in [5.41, 5.74) is 19.1. The Bertz CT molecular complexity index is 3980. The van der Waals surface area contributed by atoms with Crippen molar-refractivity contribution in [1.82, 2.24) is 69.1 Å². The molecule has 0 saturated heterocycles. The summed E-state index contributed by atoms with van der Waals surface area (Å²) in [5.74, 6) is -20.1. The number of aliphatic carboxylic acids is 3. The molecule has 0 spiro atoms. The molecule has 0 unspecified atom stereocenters. The Labute approximate surface area is 718 Å². The fraction of sp³-hybridized carbons (Fsp3) is 0.600. The molecule has 0 aromatic heterocycles. The van der Waals surface area contributed by atoms with Crippen molar-refractivity contribution < 1.29 is 107 Å². The van der Waals surface area contributed by atoms with E-state index in [-0.39, 0.29) is 130 Å². The van der Waals surface area contributed by atoms with Gasteiger partial charge in [-0.3, -0.25) is 71.9 Å². The first-order valence-corrected chi connectivity index (χ1v) is 41.8. The maximum absolute atomic E-state index is 15.0. The van der Waals surface area contributed by atoms with Crippen LogP contribution in [0.25, 0.3) is 0 Å². The minimum Gasteiger partial charge on any atom is -0.508 e. The lowest BCUT2D eigenvalue weighted by atomic mass is 9.97. The van der Waals surface area contributed by atoms with Crippen molar-refractivity contribution in [1.29, 1.82) is 0 Å². The molecule has 0 saturated carbocycles. The molecule has 0 radical (unpaired) electrons. The van der Waals surface area contributed by atoms with E-state index >= 15 is 0 Å². The summed E-state index contributed by atoms with van der Waals surface area (Å²) in [4.78, 5) is 224. The highest BCUT2D eigenvalue weighted by molar-refractivity contribution is 6.01. The van der Waals surface area contributed by atoms with Crippen LogP contribution in [0.1, 0.15) is 184 Å². The maximum atomic E-state index is 15.0. The Morgan fingerprint density at radius 3 is 0.911 bits per heavy atom. The number of aromatic hydroxyl groups is 2. The number of aliphatic hydroxyl groups excluding tert-OH is 1. The third kappa shape index (κ3) is 39.1. The summed E-state index contributed by atoms with van der Waals surface area (Å²) in [5, 5.41) is 94.8. The number of nitrogens with two attached hydrogens (primary N) is 3. The molecule has 0 aliphatic carbocycles. The van der Waals surface area contributed by atoms with Gasteiger partial charge in [-0.1, -0.05) is 138 Å². The smallest absolute Gasteiger partial charge is 0.326 e. The molecular formula is C85H132N16O22. The molecule has 3 rings (SSSR count). The number of phenolic OH excluding ortho intramolecular Hbond substituents is 2. The average Bonchev–Trinajstić information content (AvgIpc) is 0.862. The lowest BCUT2D eigenvalue weighted by Crippen LogP contribution is -2.63. The number of carboxylic acid groups (broad SMARTS) is 3. The molecule has 0 bridgehead atoms. The number of carboxylic acids is 3. The van der Waals surface area contributed by atoms with E-state index in [0.29, 0.717) is 17.5 Å². The van der Waals surface area contributed by atoms with Gasteiger partial charge in [0.2, 0.25) is 76.8 Å². The van der Waals surface area contributed by atoms with E-state index in [1.165, 1.54) is 48.5 Å². The Balaban J connectivity index is 2.03. The number of hydrogen-bond donors (Lipinski definition) is 22. The van der Waals surface area contributed by atoms with Crippen molar-refractivity contribution in [2.75, 3.05) is 13.1 Å². The van der Waals surface area contributed by atoms with Crippen LogP contribution < -0.4 is 86.3 Å². The van der Waals surface area contributed by atoms with Gasteiger partial charge in [0.05, 0.1) is 25.0 Å². The van der Waals surface area contributed by atoms with E-state index in [1.807, 2.05) is 13.8 Å². The number of benzene rings is 3. The molecule has 0 aliphatic rings. The van der Waals surface area contributed by atoms with Crippen LogP contribution in [0.4, 0.5) is 0 Å². The Morgan fingerprint density at radius 2 is 0.569 bits per heavy atom. The minimum atomic E-state index is -2.18. The lowest BCUT2D eigenvalue weighted by molar-refractivity contribution is -0.143. The highest BCUT2D eigenvalue weighted by Crippen LogP contribution is 2.20. The average molecular weight is 1730 g/mol. The van der Waals surface area contributed by atoms with Crippen LogP contribution in [-0.4, -0.2) is 229 Å². The summed E-state index contributed by atoms with van der Waals surface area (Å²) in [6.07, 6.45) is -4.47. The monoisotopic (exact) mass is 1730 g/mol. The highest BCUT2D eigenvalue weighted by Gasteiger charge is 2.41. The SMILES string of the molecule is CC(C)C[C@H](NC(=O)[C@H](CC(C)C)NC(=O)[C@H](Cc1ccc(O)cc1)NC(=O)[C@H](CCCCN)NC(=O)[C@H](CCCCN)NC(=O)[C@H](Cc1ccc(O)cc1)NC(=O)[C@H](CC(=O)O)NC(=O)[C@@H](NC(=O)[C@H](CC(=O)O)NC(=O)[C@H](CC(C)C)NC(=O)[C@@H](NC(=O)[C@H](CC(C)C)NC(=O)[C@@H](N)C(C)C)C(C)C)[C@@H](C)O)C(=O)N[C@@H](Cc1ccccc1)C(=O)O. The third-order valence-corrected chi connectivity index (χ3v) is 19.8. The van der Waals surface area contributed by atoms with Gasteiger partial charge in [-0.25, -0.2) is 4.79 Å². The molecule has 13 amide bonds. The van der Waals surface area contributed by atoms with E-state index in [2.05, 4.69) is 69.1 Å². The van der Waals surface area contributed by atoms with Crippen molar-refractivity contribution in [2.45, 2.75) is 277 Å². The summed E-state index contributed by atoms with van der Waals surface area (Å²) in [7, 11) is 0. The second kappa shape index (κ2) is 53.5. The molecule has 3 aromatic rings. The molecular weight excluding hydrogens is 1600 g/mol. The number of unbranched alkanes of at least 4 members (excludes halogenated alkanes) is 2. The van der Waals surface area contributed by atoms with Gasteiger partial charge in [0.25, 0.3) is 0 Å². The van der Waals surface area contributed by atoms with Gasteiger partial charge in [0, 0.05) is 19.3 Å². The first-order valence-electron chi connectivity index (χ1n) is 41.8. The normalized spacial score (nSPS) is 15.1. The number of rotatable bonds is 56. The number of nitrogens with one attached hydrogen (secondary N) is 13. The number of aliphatic hydroxyl groups is 1. The van der Waals surface area contributed by atoms with Gasteiger partial charge < -0.3 is 117 Å². The first kappa shape index (κ1) is 106. The molecule has 684 valence electrons. The second-order valence-electron chi connectivity index (χ2n) is 33.5. The fourth-order valence-electron chi connectivity index (χ4n) is 13.0. The van der Waals surface area contributed by atoms with Crippen molar-refractivity contribution in [3.05, 3.63) is 95.6 Å². The topological polar surface area (TPSA) is 629 Å². The molecule has 15 atom stereocenters. The van der Waals surface area contributed by atoms with E-state index in [9.17, 15) is 107 Å². The molecule has 0 heterocycles. The standard InChI is InChI=1S/C85H132N16O22/c1-44(2)35-58(74(111)91-59(36-45(3)4)76(113)99-66(85(122)123)41-51-21-15-14-16-22-51)92-78(115)63(40-53-27-31-55(104)32-28-53)93-73(110)57(24-18-20-34-87)89-72(109)56(23-17-19-33-86)90-77(114)62(39-52-25-29-54(103)30-26-52)94-79(116)64(42-67(105)106)98-84(121)71(50(13)102)101-81(118)65(43-68(107)108)95-75(112)60(37-46(5)6)97-83(120)70(49(11)12)100-80(117)61(38-47(7)8)96-82(119)69(88)48(9)10/h14-16,21-22,25-32,44-50,56-66,69-71,102-104H,17-20,23-24,33-43,86-88H2,1-13H3,(H,89,109)(H,90,114)(H,91,111)(H,92,115)(H,93,110)(H,94,116)(H,95,112)(H,96,119)(H,97,120)(H,98,121)(H,99,113)(H,100,117)(H,101,118)(H,105,106)(H,107,108)(H,122,123)/t50-,56+,57+,58+,59+,60+,61+,62+,63+,64+,65+,66+,69+,70+,71+/m1/s1. The van der Waals surface area contributed by atoms with Crippen LogP contribution in [0.15, 0.2) is 78.9 Å². The van der Waals surface area contributed by atoms with E-state index in [1.54, 1.807) is 99.6 Å². The second-order valence-corrected chi connectivity index (χ2v) is 33.5. The Morgan fingerprint density at radius 1 is 0.301 bits per heavy atom. The zero-order valence-corrected chi connectivity index (χ0v) is 72.6. The number of amides is 13. The van der Waals surface area contributed by atoms with Crippen LogP contribution >= 0.6 is 0 Å². The Hall–Kier alpha value is -11.4. The zero-order chi connectivity index (χ0) is 92.7. The third-order valence-electron chi connectivity index (χ3n) is 19.8. The number of hydrogen-bond acceptors (Lipinski definition) is 22. The quantitative estimate of drug-likeness (QED) is 0.0329. The largest absolute Gasteiger partial charge is 0.508 e. The maximum Gasteiger partial charge on any atom is 0.326 e. The summed E-state index contributed by atoms with van der Waals surface area (Å²) < 4.78 is 0. The van der Waals surface area contributed by atoms with Gasteiger partial charge in [-0.2, -0.15) is 0 Å². The van der Waals surface area contributed by atoms with Crippen molar-refractivity contribution in [3.8, 4) is 11.5 Å². The molecule has 38 nitrogen and oxygen atoms in total. The van der Waals surface area contributed by atoms with E-state index < -0.39 is 211 Å². The number of phenols is 2. The first-order chi connectivity index (χ1) is 57.7. The van der Waals surface area contributed by atoms with E-state index in [0.717, 1.165) is 6.92 Å². The van der Waals surface area contributed by atoms with Gasteiger partial charge in [0.15, 0.2) is 0 Å². The van der Waals surface area contributed by atoms with Crippen LogP contribution in [0.3, 0.4) is 0 Å². The zero-order valence-electron chi connectivity index (χ0n) is 72.6. The molecule has 0 aliphatic heterocycles. The van der Waals surface area contributed by atoms with Crippen molar-refractivity contribution in [2.24, 2.45) is 52.7 Å². The van der Waals surface area contributed by atoms with Crippen LogP contribution in [0.2, 0.25) is 0 Å². The van der Waals surface area contributed by atoms with Gasteiger partial charge >= 0.3 is 17.9 Å². The minimum absolute atomic E-state index is 0.00934. The molecule has 0 fully saturated rings. The van der Waals surface area contributed by atoms with Gasteiger partial charge in [-0.15, -0.1) is 0 Å². The highest BCUT2D eigenvalue weighted by atomic mass is 16.4. The van der Waals surface area contributed by atoms with Gasteiger partial charge in [-0.05, 0) is 161 Å². The molecule has 38 heteroatoms. The van der Waals surface area contributed by atoms with Crippen LogP contribution in [-0.2, 0) is 96.0 Å². The van der Waals surface area contributed by atoms with Crippen LogP contribution in [0, 0.1) is 35.5 Å². The Kier molecular flexibility index (Phi) is 46.0. The number of carbonyl (C=O) groups excluding carboxylic acids is 13. The predicted molar refractivity (Wildman–Crippen MR) is 454 cm³/mol. The predicted octanol–water partition coefficient (Wildman–Crippen LogP) is -0.0754.